The molecule has 0 unspecified atom stereocenters. The van der Waals surface area contributed by atoms with Crippen LogP contribution >= 0.6 is 0 Å². The summed E-state index contributed by atoms with van der Waals surface area (Å²) in [6.45, 7) is 23.9. The molecule has 0 bridgehead atoms. The predicted molar refractivity (Wildman–Crippen MR) is 133 cm³/mol. The standard InChI is InChI=1S/C21H25.C6H16NSi.2ClH.Zr/c1-20(2,3)16-7-9-18-14(12-16)11-15-13-17(21(4,5)6)8-10-19(15)18;1-6(2,7)5-8(3)4;;;/h7-10,12H,11H2,1-6H3;7-8H,5H2,1-4H3;2*1H;/q;-1;;;+3/p-2. The zero-order valence-electron chi connectivity index (χ0n) is 21.6. The number of halogens is 2. The van der Waals surface area contributed by atoms with E-state index in [0.29, 0.717) is 0 Å². The van der Waals surface area contributed by atoms with Crippen molar-refractivity contribution < 1.29 is 48.3 Å². The smallest absolute Gasteiger partial charge is 1.00 e. The maximum Gasteiger partial charge on any atom is -1.00 e. The molecule has 0 radical (unpaired) electrons. The summed E-state index contributed by atoms with van der Waals surface area (Å²) in [5, 5.41) is 0. The van der Waals surface area contributed by atoms with Crippen LogP contribution in [0.15, 0.2) is 30.3 Å². The van der Waals surface area contributed by atoms with Crippen LogP contribution in [0, 0.1) is 0 Å². The molecule has 1 N–H and O–H groups in total. The molecule has 32 heavy (non-hydrogen) atoms. The van der Waals surface area contributed by atoms with E-state index in [2.05, 4.69) is 102 Å². The third kappa shape index (κ3) is 6.82. The molecule has 0 fully saturated rings. The van der Waals surface area contributed by atoms with Crippen LogP contribution in [0.25, 0.3) is 11.1 Å². The Morgan fingerprint density at radius 2 is 1.44 bits per heavy atom. The fourth-order valence-electron chi connectivity index (χ4n) is 4.81. The van der Waals surface area contributed by atoms with Crippen molar-refractivity contribution in [3.8, 4) is 11.1 Å². The summed E-state index contributed by atoms with van der Waals surface area (Å²) in [7, 11) is -0.590. The fraction of sp³-hybridized carbons (Fsp3) is 0.556. The first kappa shape index (κ1) is 30.1. The Hall–Kier alpha value is 0.0800. The first-order chi connectivity index (χ1) is 13.7. The first-order valence-electron chi connectivity index (χ1n) is 11.5. The van der Waals surface area contributed by atoms with Gasteiger partial charge in [0, 0.05) is 0 Å². The van der Waals surface area contributed by atoms with Gasteiger partial charge in [0.15, 0.2) is 0 Å². The first-order valence-corrected chi connectivity index (χ1v) is 17.1. The Morgan fingerprint density at radius 1 is 0.844 bits per heavy atom. The number of benzene rings is 2. The molecule has 1 aliphatic rings. The quantitative estimate of drug-likeness (QED) is 0.437. The van der Waals surface area contributed by atoms with Gasteiger partial charge < -0.3 is 24.8 Å². The average molecular weight is 570 g/mol. The van der Waals surface area contributed by atoms with Gasteiger partial charge in [-0.3, -0.25) is 0 Å². The molecule has 5 heteroatoms. The van der Waals surface area contributed by atoms with Crippen LogP contribution in [0.2, 0.25) is 19.1 Å². The van der Waals surface area contributed by atoms with Crippen molar-refractivity contribution in [2.45, 2.75) is 97.3 Å². The number of rotatable bonds is 5. The van der Waals surface area contributed by atoms with Crippen LogP contribution in [0.3, 0.4) is 0 Å². The Labute approximate surface area is 223 Å². The minimum atomic E-state index is -0.911. The van der Waals surface area contributed by atoms with Gasteiger partial charge in [-0.15, -0.1) is 0 Å². The van der Waals surface area contributed by atoms with Gasteiger partial charge in [-0.25, -0.2) is 0 Å². The summed E-state index contributed by atoms with van der Waals surface area (Å²) in [5.74, 6) is 0. The van der Waals surface area contributed by atoms with Crippen molar-refractivity contribution in [1.82, 2.24) is 3.26 Å². The van der Waals surface area contributed by atoms with Gasteiger partial charge in [-0.05, 0) is 0 Å². The van der Waals surface area contributed by atoms with E-state index in [-0.39, 0.29) is 41.2 Å². The summed E-state index contributed by atoms with van der Waals surface area (Å²) in [5.41, 5.74) is 9.80. The Bertz CT molecular complexity index is 940. The summed E-state index contributed by atoms with van der Waals surface area (Å²) < 4.78 is 5.82. The molecule has 1 nitrogen and oxygen atoms in total. The van der Waals surface area contributed by atoms with Gasteiger partial charge in [-0.2, -0.15) is 0 Å². The molecule has 176 valence electrons. The third-order valence-electron chi connectivity index (χ3n) is 6.19. The van der Waals surface area contributed by atoms with Crippen LogP contribution in [-0.2, 0) is 40.8 Å². The minimum Gasteiger partial charge on any atom is -1.00 e. The molecule has 0 amide bonds. The molecule has 0 atom stereocenters. The second-order valence-electron chi connectivity index (χ2n) is 12.3. The largest absolute Gasteiger partial charge is 1.00 e. The summed E-state index contributed by atoms with van der Waals surface area (Å²) in [4.78, 5) is 0. The molecular weight excluding hydrogens is 529 g/mol. The van der Waals surface area contributed by atoms with Gasteiger partial charge in [-0.1, -0.05) is 0 Å². The maximum atomic E-state index is 4.12. The van der Waals surface area contributed by atoms with Crippen molar-refractivity contribution >= 4 is 12.1 Å². The summed E-state index contributed by atoms with van der Waals surface area (Å²) in [6, 6.07) is 13.4. The van der Waals surface area contributed by atoms with E-state index in [1.165, 1.54) is 28.3 Å². The third-order valence-corrected chi connectivity index (χ3v) is 12.0. The molecule has 0 saturated heterocycles. The molecule has 0 saturated carbocycles. The van der Waals surface area contributed by atoms with Crippen molar-refractivity contribution in [3.63, 3.8) is 0 Å². The molecule has 0 aromatic heterocycles. The minimum absolute atomic E-state index is 0. The molecule has 2 aromatic carbocycles. The SMILES string of the molecule is C[SiH](C)CC(C)(C)[NH][Zr+2][c]1c(C(C)(C)C)ccc2c1Cc1cc(C(C)(C)C)ccc1-2.[Cl-].[Cl-]. The van der Waals surface area contributed by atoms with E-state index >= 15 is 0 Å². The van der Waals surface area contributed by atoms with Crippen LogP contribution in [0.4, 0.5) is 0 Å². The summed E-state index contributed by atoms with van der Waals surface area (Å²) >= 11 is -0.911. The average Bonchev–Trinajstić information content (AvgIpc) is 2.94. The van der Waals surface area contributed by atoms with E-state index in [9.17, 15) is 0 Å². The van der Waals surface area contributed by atoms with Crippen molar-refractivity contribution in [2.24, 2.45) is 0 Å². The van der Waals surface area contributed by atoms with Gasteiger partial charge in [0.1, 0.15) is 0 Å². The van der Waals surface area contributed by atoms with E-state index in [1.54, 1.807) is 14.4 Å². The van der Waals surface area contributed by atoms with E-state index < -0.39 is 32.3 Å². The summed E-state index contributed by atoms with van der Waals surface area (Å²) in [6.07, 6.45) is 1.11. The Kier molecular flexibility index (Phi) is 10.1. The monoisotopic (exact) mass is 567 g/mol. The number of hydrogen-bond acceptors (Lipinski definition) is 1. The molecule has 1 aliphatic carbocycles. The number of hydrogen-bond donors (Lipinski definition) is 1. The van der Waals surface area contributed by atoms with Crippen LogP contribution in [0.1, 0.15) is 77.6 Å². The molecule has 2 aromatic rings. The fourth-order valence-corrected chi connectivity index (χ4v) is 11.2. The van der Waals surface area contributed by atoms with Gasteiger partial charge in [0.05, 0.1) is 0 Å². The van der Waals surface area contributed by atoms with Crippen molar-refractivity contribution in [2.75, 3.05) is 0 Å². The second kappa shape index (κ2) is 10.8. The number of fused-ring (bicyclic) bond motifs is 3. The second-order valence-corrected chi connectivity index (χ2v) is 17.9. The Morgan fingerprint density at radius 3 is 1.97 bits per heavy atom. The Balaban J connectivity index is 0.00000256. The zero-order valence-corrected chi connectivity index (χ0v) is 26.8. The molecule has 0 aliphatic heterocycles. The maximum absolute atomic E-state index is 4.12. The number of nitrogens with one attached hydrogen (secondary N) is 1. The van der Waals surface area contributed by atoms with Crippen LogP contribution < -0.4 is 31.3 Å². The van der Waals surface area contributed by atoms with Crippen LogP contribution in [-0.4, -0.2) is 14.3 Å². The van der Waals surface area contributed by atoms with E-state index in [4.69, 9.17) is 0 Å². The van der Waals surface area contributed by atoms with Gasteiger partial charge >= 0.3 is 200 Å². The van der Waals surface area contributed by atoms with Crippen molar-refractivity contribution in [1.29, 1.82) is 0 Å². The molecule has 0 heterocycles. The predicted octanol–water partition coefficient (Wildman–Crippen LogP) is 0.339. The van der Waals surface area contributed by atoms with Crippen molar-refractivity contribution in [3.05, 3.63) is 52.6 Å². The van der Waals surface area contributed by atoms with Gasteiger partial charge in [0.2, 0.25) is 0 Å². The zero-order chi connectivity index (χ0) is 22.5. The molecular formula is C27H41Cl2NSiZr. The van der Waals surface area contributed by atoms with E-state index in [0.717, 1.165) is 6.42 Å². The van der Waals surface area contributed by atoms with Gasteiger partial charge in [0.25, 0.3) is 0 Å². The topological polar surface area (TPSA) is 12.0 Å². The normalized spacial score (nSPS) is 13.1. The van der Waals surface area contributed by atoms with E-state index in [1.807, 2.05) is 0 Å². The van der Waals surface area contributed by atoms with Crippen LogP contribution in [0.5, 0.6) is 0 Å². The molecule has 3 rings (SSSR count). The molecule has 0 spiro atoms.